The van der Waals surface area contributed by atoms with Gasteiger partial charge in [-0.3, -0.25) is 9.59 Å². The zero-order valence-corrected chi connectivity index (χ0v) is 21.9. The number of hydrogen-bond donors (Lipinski definition) is 2. The largest absolute Gasteiger partial charge is 0.325 e. The first kappa shape index (κ1) is 23.5. The van der Waals surface area contributed by atoms with Crippen LogP contribution in [0.25, 0.3) is 0 Å². The maximum atomic E-state index is 12.3. The quantitative estimate of drug-likeness (QED) is 0.278. The summed E-state index contributed by atoms with van der Waals surface area (Å²) in [7, 11) is 0. The number of rotatable bonds is 2. The normalized spacial score (nSPS) is 27.2. The molecule has 0 radical (unpaired) electrons. The highest BCUT2D eigenvalue weighted by Crippen LogP contribution is 2.65. The van der Waals surface area contributed by atoms with E-state index in [1.54, 1.807) is 0 Å². The van der Waals surface area contributed by atoms with Gasteiger partial charge in [0.1, 0.15) is 0 Å². The average molecular weight is 539 g/mol. The molecule has 4 aromatic rings. The summed E-state index contributed by atoms with van der Waals surface area (Å²) >= 11 is 11.8. The van der Waals surface area contributed by atoms with E-state index in [2.05, 4.69) is 22.8 Å². The van der Waals surface area contributed by atoms with Gasteiger partial charge in [0.05, 0.1) is 10.8 Å². The van der Waals surface area contributed by atoms with E-state index in [4.69, 9.17) is 23.2 Å². The number of carbonyl (C=O) groups is 2. The van der Waals surface area contributed by atoms with Crippen LogP contribution in [0.4, 0.5) is 11.4 Å². The number of para-hydroxylation sites is 2. The molecule has 188 valence electrons. The molecule has 0 saturated heterocycles. The number of nitrogens with one attached hydrogen (secondary N) is 2. The number of benzene rings is 4. The lowest BCUT2D eigenvalue weighted by atomic mass is 9.92. The van der Waals surface area contributed by atoms with Crippen LogP contribution in [0.1, 0.15) is 46.9 Å². The standard InChI is InChI=1S/2C16H12ClNO/c2*17-11-7-5-10(6-8-11)13-9-16(13)12-3-1-2-4-14(12)18-15(16)19/h2*1-8,13H,9H2,(H,18,19)/t2*13-,16-/m10/s1. The van der Waals surface area contributed by atoms with Crippen molar-refractivity contribution in [3.63, 3.8) is 0 Å². The molecule has 0 aromatic heterocycles. The third-order valence-corrected chi connectivity index (χ3v) is 9.09. The number of amides is 2. The summed E-state index contributed by atoms with van der Waals surface area (Å²) in [6.45, 7) is 0. The van der Waals surface area contributed by atoms with Crippen LogP contribution in [0.2, 0.25) is 10.0 Å². The molecule has 38 heavy (non-hydrogen) atoms. The predicted molar refractivity (Wildman–Crippen MR) is 151 cm³/mol. The van der Waals surface area contributed by atoms with E-state index >= 15 is 0 Å². The number of halogens is 2. The van der Waals surface area contributed by atoms with Crippen LogP contribution in [0, 0.1) is 0 Å². The van der Waals surface area contributed by atoms with E-state index in [-0.39, 0.29) is 34.5 Å². The first-order valence-electron chi connectivity index (χ1n) is 12.8. The fourth-order valence-electron chi connectivity index (χ4n) is 6.49. The van der Waals surface area contributed by atoms with Crippen LogP contribution in [0.3, 0.4) is 0 Å². The van der Waals surface area contributed by atoms with Crippen molar-refractivity contribution in [1.82, 2.24) is 0 Å². The molecule has 4 aromatic carbocycles. The van der Waals surface area contributed by atoms with Crippen molar-refractivity contribution < 1.29 is 9.59 Å². The fourth-order valence-corrected chi connectivity index (χ4v) is 6.74. The molecule has 4 atom stereocenters. The Morgan fingerprint density at radius 3 is 1.32 bits per heavy atom. The highest BCUT2D eigenvalue weighted by Gasteiger charge is 2.65. The first-order chi connectivity index (χ1) is 18.4. The van der Waals surface area contributed by atoms with Gasteiger partial charge in [-0.1, -0.05) is 83.9 Å². The van der Waals surface area contributed by atoms with E-state index < -0.39 is 0 Å². The molecule has 6 heteroatoms. The minimum Gasteiger partial charge on any atom is -0.325 e. The van der Waals surface area contributed by atoms with E-state index in [0.717, 1.165) is 45.4 Å². The molecule has 2 aliphatic heterocycles. The summed E-state index contributed by atoms with van der Waals surface area (Å²) in [4.78, 5) is 24.7. The molecule has 0 unspecified atom stereocenters. The second-order valence-electron chi connectivity index (χ2n) is 10.6. The molecule has 2 saturated carbocycles. The topological polar surface area (TPSA) is 58.2 Å². The Kier molecular flexibility index (Phi) is 5.23. The van der Waals surface area contributed by atoms with Crippen molar-refractivity contribution in [3.05, 3.63) is 129 Å². The molecule has 2 fully saturated rings. The molecular weight excluding hydrogens is 515 g/mol. The minimum absolute atomic E-state index is 0.133. The summed E-state index contributed by atoms with van der Waals surface area (Å²) in [6.07, 6.45) is 1.77. The lowest BCUT2D eigenvalue weighted by Crippen LogP contribution is -2.20. The smallest absolute Gasteiger partial charge is 0.235 e. The Labute approximate surface area is 231 Å². The van der Waals surface area contributed by atoms with Gasteiger partial charge < -0.3 is 10.6 Å². The zero-order valence-electron chi connectivity index (χ0n) is 20.4. The molecule has 8 rings (SSSR count). The van der Waals surface area contributed by atoms with E-state index in [1.165, 1.54) is 11.1 Å². The monoisotopic (exact) mass is 538 g/mol. The molecule has 2 aliphatic carbocycles. The van der Waals surface area contributed by atoms with Gasteiger partial charge in [-0.25, -0.2) is 0 Å². The SMILES string of the molecule is O=C1Nc2ccccc2[C@@]12C[C@@H]2c1ccc(Cl)cc1.O=C1Nc2ccccc2[C@]12C[C@H]2c1ccc(Cl)cc1. The van der Waals surface area contributed by atoms with Gasteiger partial charge in [0.25, 0.3) is 0 Å². The lowest BCUT2D eigenvalue weighted by Gasteiger charge is -2.08. The van der Waals surface area contributed by atoms with E-state index in [1.807, 2.05) is 84.9 Å². The van der Waals surface area contributed by atoms with Gasteiger partial charge in [0.15, 0.2) is 0 Å². The number of hydrogen-bond acceptors (Lipinski definition) is 2. The second kappa shape index (κ2) is 8.45. The minimum atomic E-state index is -0.343. The second-order valence-corrected chi connectivity index (χ2v) is 11.4. The summed E-state index contributed by atoms with van der Waals surface area (Å²) in [5.41, 5.74) is 5.90. The highest BCUT2D eigenvalue weighted by molar-refractivity contribution is 6.30. The Bertz CT molecular complexity index is 1480. The summed E-state index contributed by atoms with van der Waals surface area (Å²) in [6, 6.07) is 31.6. The maximum absolute atomic E-state index is 12.3. The van der Waals surface area contributed by atoms with Crippen LogP contribution in [0.15, 0.2) is 97.1 Å². The number of anilines is 2. The van der Waals surface area contributed by atoms with Crippen molar-refractivity contribution in [2.45, 2.75) is 35.5 Å². The van der Waals surface area contributed by atoms with Crippen molar-refractivity contribution >= 4 is 46.4 Å². The third-order valence-electron chi connectivity index (χ3n) is 8.59. The summed E-state index contributed by atoms with van der Waals surface area (Å²) in [5.74, 6) is 0.809. The molecule has 2 spiro atoms. The molecule has 2 heterocycles. The van der Waals surface area contributed by atoms with Crippen LogP contribution >= 0.6 is 23.2 Å². The Morgan fingerprint density at radius 2 is 0.921 bits per heavy atom. The summed E-state index contributed by atoms with van der Waals surface area (Å²) in [5, 5.41) is 7.45. The zero-order chi connectivity index (χ0) is 26.1. The van der Waals surface area contributed by atoms with Crippen molar-refractivity contribution in [2.75, 3.05) is 10.6 Å². The van der Waals surface area contributed by atoms with Gasteiger partial charge in [-0.05, 0) is 71.5 Å². The lowest BCUT2D eigenvalue weighted by molar-refractivity contribution is -0.118. The van der Waals surface area contributed by atoms with E-state index in [9.17, 15) is 9.59 Å². The van der Waals surface area contributed by atoms with Gasteiger partial charge in [0.2, 0.25) is 11.8 Å². The Morgan fingerprint density at radius 1 is 0.553 bits per heavy atom. The predicted octanol–water partition coefficient (Wildman–Crippen LogP) is 7.43. The average Bonchev–Trinajstić information content (AvgIpc) is 3.81. The molecule has 0 bridgehead atoms. The van der Waals surface area contributed by atoms with Crippen LogP contribution in [-0.2, 0) is 20.4 Å². The highest BCUT2D eigenvalue weighted by atomic mass is 35.5. The van der Waals surface area contributed by atoms with Crippen LogP contribution in [-0.4, -0.2) is 11.8 Å². The van der Waals surface area contributed by atoms with Gasteiger partial charge in [-0.2, -0.15) is 0 Å². The molecule has 4 aliphatic rings. The van der Waals surface area contributed by atoms with Crippen molar-refractivity contribution in [2.24, 2.45) is 0 Å². The third kappa shape index (κ3) is 3.44. The summed E-state index contributed by atoms with van der Waals surface area (Å²) < 4.78 is 0. The van der Waals surface area contributed by atoms with Crippen molar-refractivity contribution in [3.8, 4) is 0 Å². The first-order valence-corrected chi connectivity index (χ1v) is 13.5. The Balaban J connectivity index is 0.000000127. The van der Waals surface area contributed by atoms with Gasteiger partial charge in [0, 0.05) is 33.3 Å². The van der Waals surface area contributed by atoms with Crippen LogP contribution in [0.5, 0.6) is 0 Å². The maximum Gasteiger partial charge on any atom is 0.235 e. The van der Waals surface area contributed by atoms with Crippen LogP contribution < -0.4 is 10.6 Å². The molecule has 4 nitrogen and oxygen atoms in total. The van der Waals surface area contributed by atoms with Gasteiger partial charge >= 0.3 is 0 Å². The van der Waals surface area contributed by atoms with Gasteiger partial charge in [-0.15, -0.1) is 0 Å². The fraction of sp³-hybridized carbons (Fsp3) is 0.188. The van der Waals surface area contributed by atoms with E-state index in [0.29, 0.717) is 0 Å². The molecule has 2 N–H and O–H groups in total. The van der Waals surface area contributed by atoms with Crippen molar-refractivity contribution in [1.29, 1.82) is 0 Å². The molecule has 2 amide bonds. The number of carbonyl (C=O) groups excluding carboxylic acids is 2. The Hall–Kier alpha value is -3.60. The molecular formula is C32H24Cl2N2O2. The number of fused-ring (bicyclic) bond motifs is 4.